The van der Waals surface area contributed by atoms with E-state index in [0.717, 1.165) is 17.3 Å². The molecule has 0 heterocycles. The average molecular weight is 391 g/mol. The zero-order valence-corrected chi connectivity index (χ0v) is 19.9. The van der Waals surface area contributed by atoms with Crippen molar-refractivity contribution in [1.82, 2.24) is 0 Å². The van der Waals surface area contributed by atoms with Gasteiger partial charge in [-0.15, -0.1) is 0 Å². The first-order chi connectivity index (χ1) is 13.8. The third-order valence-electron chi connectivity index (χ3n) is 8.58. The predicted octanol–water partition coefficient (Wildman–Crippen LogP) is 10.2. The van der Waals surface area contributed by atoms with Gasteiger partial charge in [-0.2, -0.15) is 0 Å². The van der Waals surface area contributed by atoms with Crippen LogP contribution in [0.1, 0.15) is 162 Å². The molecule has 2 aliphatic carbocycles. The Morgan fingerprint density at radius 1 is 0.464 bits per heavy atom. The molecule has 2 rings (SSSR count). The molecule has 0 heteroatoms. The zero-order chi connectivity index (χ0) is 19.9. The van der Waals surface area contributed by atoms with Crippen molar-refractivity contribution in [2.45, 2.75) is 162 Å². The molecule has 166 valence electrons. The highest BCUT2D eigenvalue weighted by Crippen LogP contribution is 2.54. The SMILES string of the molecule is CCCCCCCCCC(CCCCCC)(C1CCCCC1)C1CCCCC1. The minimum absolute atomic E-state index is 0.734. The number of rotatable bonds is 15. The third kappa shape index (κ3) is 8.02. The Balaban J connectivity index is 1.98. The highest BCUT2D eigenvalue weighted by atomic mass is 14.5. The van der Waals surface area contributed by atoms with Crippen LogP contribution in [0.25, 0.3) is 0 Å². The molecule has 2 fully saturated rings. The quantitative estimate of drug-likeness (QED) is 0.244. The fourth-order valence-corrected chi connectivity index (χ4v) is 6.92. The lowest BCUT2D eigenvalue weighted by atomic mass is 9.55. The lowest BCUT2D eigenvalue weighted by Crippen LogP contribution is -2.40. The van der Waals surface area contributed by atoms with Crippen LogP contribution in [0.5, 0.6) is 0 Å². The van der Waals surface area contributed by atoms with Crippen molar-refractivity contribution in [1.29, 1.82) is 0 Å². The van der Waals surface area contributed by atoms with Crippen molar-refractivity contribution < 1.29 is 0 Å². The molecule has 0 atom stereocenters. The fourth-order valence-electron chi connectivity index (χ4n) is 6.92. The summed E-state index contributed by atoms with van der Waals surface area (Å²) in [5.74, 6) is 2.15. The molecule has 28 heavy (non-hydrogen) atoms. The molecule has 0 N–H and O–H groups in total. The van der Waals surface area contributed by atoms with E-state index in [9.17, 15) is 0 Å². The Hall–Kier alpha value is 0. The number of hydrogen-bond donors (Lipinski definition) is 0. The predicted molar refractivity (Wildman–Crippen MR) is 127 cm³/mol. The molecule has 0 amide bonds. The van der Waals surface area contributed by atoms with Crippen molar-refractivity contribution >= 4 is 0 Å². The maximum absolute atomic E-state index is 2.37. The summed E-state index contributed by atoms with van der Waals surface area (Å²) in [6, 6.07) is 0. The lowest BCUT2D eigenvalue weighted by Gasteiger charge is -2.50. The first-order valence-corrected chi connectivity index (χ1v) is 13.8. The monoisotopic (exact) mass is 390 g/mol. The molecule has 0 unspecified atom stereocenters. The van der Waals surface area contributed by atoms with Gasteiger partial charge in [0, 0.05) is 0 Å². The van der Waals surface area contributed by atoms with E-state index in [1.54, 1.807) is 38.5 Å². The van der Waals surface area contributed by atoms with E-state index >= 15 is 0 Å². The molecule has 0 aromatic carbocycles. The van der Waals surface area contributed by atoms with Gasteiger partial charge in [0.05, 0.1) is 0 Å². The third-order valence-corrected chi connectivity index (χ3v) is 8.58. The average Bonchev–Trinajstić information content (AvgIpc) is 2.76. The van der Waals surface area contributed by atoms with Gasteiger partial charge in [-0.25, -0.2) is 0 Å². The summed E-state index contributed by atoms with van der Waals surface area (Å²) in [5, 5.41) is 0. The van der Waals surface area contributed by atoms with Crippen LogP contribution in [0.15, 0.2) is 0 Å². The van der Waals surface area contributed by atoms with Crippen LogP contribution in [-0.2, 0) is 0 Å². The molecule has 0 aliphatic heterocycles. The van der Waals surface area contributed by atoms with E-state index < -0.39 is 0 Å². The van der Waals surface area contributed by atoms with E-state index in [-0.39, 0.29) is 0 Å². The second-order valence-electron chi connectivity index (χ2n) is 10.6. The lowest BCUT2D eigenvalue weighted by molar-refractivity contribution is 0.000171. The van der Waals surface area contributed by atoms with Crippen molar-refractivity contribution in [3.63, 3.8) is 0 Å². The number of hydrogen-bond acceptors (Lipinski definition) is 0. The summed E-state index contributed by atoms with van der Waals surface area (Å²) in [5.41, 5.74) is 0.734. The van der Waals surface area contributed by atoms with Gasteiger partial charge in [-0.05, 0) is 55.8 Å². The smallest absolute Gasteiger partial charge is 0.0241 e. The molecule has 2 saturated carbocycles. The van der Waals surface area contributed by atoms with Crippen LogP contribution in [-0.4, -0.2) is 0 Å². The zero-order valence-electron chi connectivity index (χ0n) is 19.9. The highest BCUT2D eigenvalue weighted by molar-refractivity contribution is 4.94. The Morgan fingerprint density at radius 3 is 1.25 bits per heavy atom. The van der Waals surface area contributed by atoms with Gasteiger partial charge in [0.15, 0.2) is 0 Å². The molecule has 0 aromatic heterocycles. The van der Waals surface area contributed by atoms with Gasteiger partial charge >= 0.3 is 0 Å². The molecule has 0 saturated heterocycles. The first kappa shape index (κ1) is 24.3. The molecule has 2 aliphatic rings. The van der Waals surface area contributed by atoms with Crippen LogP contribution < -0.4 is 0 Å². The molecule has 0 radical (unpaired) electrons. The second-order valence-corrected chi connectivity index (χ2v) is 10.6. The van der Waals surface area contributed by atoms with Crippen molar-refractivity contribution in [2.24, 2.45) is 17.3 Å². The largest absolute Gasteiger partial charge is 0.0654 e. The summed E-state index contributed by atoms with van der Waals surface area (Å²) >= 11 is 0. The molecular formula is C28H54. The van der Waals surface area contributed by atoms with Gasteiger partial charge in [-0.1, -0.05) is 123 Å². The maximum Gasteiger partial charge on any atom is -0.0241 e. The van der Waals surface area contributed by atoms with Crippen molar-refractivity contribution in [3.8, 4) is 0 Å². The standard InChI is InChI=1S/C28H54/c1-3-5-7-9-10-11-19-25-28(24-18-8-6-4-2,26-20-14-12-15-21-26)27-22-16-13-17-23-27/h26-27H,3-25H2,1-2H3. The fraction of sp³-hybridized carbons (Fsp3) is 1.00. The van der Waals surface area contributed by atoms with Crippen LogP contribution in [0.2, 0.25) is 0 Å². The Morgan fingerprint density at radius 2 is 0.821 bits per heavy atom. The topological polar surface area (TPSA) is 0 Å². The Kier molecular flexibility index (Phi) is 12.9. The summed E-state index contributed by atoms with van der Waals surface area (Å²) in [7, 11) is 0. The van der Waals surface area contributed by atoms with Crippen molar-refractivity contribution in [2.75, 3.05) is 0 Å². The normalized spacial score (nSPS) is 19.9. The van der Waals surface area contributed by atoms with Crippen LogP contribution in [0.4, 0.5) is 0 Å². The first-order valence-electron chi connectivity index (χ1n) is 13.8. The summed E-state index contributed by atoms with van der Waals surface area (Å²) in [6.45, 7) is 4.70. The van der Waals surface area contributed by atoms with E-state index in [4.69, 9.17) is 0 Å². The van der Waals surface area contributed by atoms with E-state index in [1.165, 1.54) is 109 Å². The summed E-state index contributed by atoms with van der Waals surface area (Å²) in [6.07, 6.45) is 34.8. The van der Waals surface area contributed by atoms with Gasteiger partial charge in [0.25, 0.3) is 0 Å². The summed E-state index contributed by atoms with van der Waals surface area (Å²) in [4.78, 5) is 0. The Bertz CT molecular complexity index is 327. The van der Waals surface area contributed by atoms with E-state index in [2.05, 4.69) is 13.8 Å². The van der Waals surface area contributed by atoms with E-state index in [0.29, 0.717) is 0 Å². The van der Waals surface area contributed by atoms with Crippen LogP contribution in [0, 0.1) is 17.3 Å². The molecule has 0 nitrogen and oxygen atoms in total. The maximum atomic E-state index is 2.37. The molecule has 0 bridgehead atoms. The van der Waals surface area contributed by atoms with Crippen molar-refractivity contribution in [3.05, 3.63) is 0 Å². The second kappa shape index (κ2) is 14.9. The minimum atomic E-state index is 0.734. The van der Waals surface area contributed by atoms with Gasteiger partial charge < -0.3 is 0 Å². The molecule has 0 spiro atoms. The van der Waals surface area contributed by atoms with E-state index in [1.807, 2.05) is 0 Å². The molecule has 0 aromatic rings. The van der Waals surface area contributed by atoms with Crippen LogP contribution in [0.3, 0.4) is 0 Å². The minimum Gasteiger partial charge on any atom is -0.0654 e. The summed E-state index contributed by atoms with van der Waals surface area (Å²) < 4.78 is 0. The van der Waals surface area contributed by atoms with Gasteiger partial charge in [0.1, 0.15) is 0 Å². The van der Waals surface area contributed by atoms with Crippen LogP contribution >= 0.6 is 0 Å². The Labute approximate surface area is 179 Å². The van der Waals surface area contributed by atoms with Gasteiger partial charge in [-0.3, -0.25) is 0 Å². The molecular weight excluding hydrogens is 336 g/mol. The highest BCUT2D eigenvalue weighted by Gasteiger charge is 2.44. The van der Waals surface area contributed by atoms with Gasteiger partial charge in [0.2, 0.25) is 0 Å². The number of unbranched alkanes of at least 4 members (excludes halogenated alkanes) is 9.